The fourth-order valence-electron chi connectivity index (χ4n) is 1.97. The molecule has 0 aliphatic rings. The monoisotopic (exact) mass is 305 g/mol. The van der Waals surface area contributed by atoms with Gasteiger partial charge in [0.2, 0.25) is 0 Å². The van der Waals surface area contributed by atoms with Crippen LogP contribution in [-0.4, -0.2) is 20.2 Å². The Hall–Kier alpha value is -2.01. The molecule has 0 fully saturated rings. The summed E-state index contributed by atoms with van der Waals surface area (Å²) in [6, 6.07) is 10.0. The van der Waals surface area contributed by atoms with Gasteiger partial charge in [-0.25, -0.2) is 0 Å². The fraction of sp³-hybridized carbons (Fsp3) is 0.312. The Morgan fingerprint density at radius 2 is 1.95 bits per heavy atom. The van der Waals surface area contributed by atoms with Gasteiger partial charge in [-0.2, -0.15) is 0 Å². The minimum Gasteiger partial charge on any atom is -0.495 e. The Labute approximate surface area is 128 Å². The van der Waals surface area contributed by atoms with Crippen molar-refractivity contribution in [2.75, 3.05) is 19.5 Å². The van der Waals surface area contributed by atoms with E-state index >= 15 is 0 Å². The lowest BCUT2D eigenvalue weighted by Crippen LogP contribution is -2.02. The molecule has 0 saturated heterocycles. The van der Waals surface area contributed by atoms with E-state index in [1.165, 1.54) is 12.7 Å². The van der Waals surface area contributed by atoms with Crippen LogP contribution in [0, 0.1) is 6.92 Å². The molecule has 0 atom stereocenters. The summed E-state index contributed by atoms with van der Waals surface area (Å²) in [4.78, 5) is 13.4. The van der Waals surface area contributed by atoms with Crippen molar-refractivity contribution in [3.05, 3.63) is 45.6 Å². The first-order chi connectivity index (χ1) is 10.1. The first-order valence-corrected chi connectivity index (χ1v) is 7.47. The molecule has 0 bridgehead atoms. The van der Waals surface area contributed by atoms with Crippen LogP contribution < -0.4 is 10.1 Å². The normalized spacial score (nSPS) is 10.2. The zero-order valence-electron chi connectivity index (χ0n) is 12.4. The van der Waals surface area contributed by atoms with Crippen molar-refractivity contribution >= 4 is 23.0 Å². The highest BCUT2D eigenvalue weighted by atomic mass is 32.1. The number of aryl methyl sites for hydroxylation is 1. The molecular weight excluding hydrogens is 286 g/mol. The van der Waals surface area contributed by atoms with Crippen molar-refractivity contribution in [3.8, 4) is 5.75 Å². The summed E-state index contributed by atoms with van der Waals surface area (Å²) < 4.78 is 10.0. The van der Waals surface area contributed by atoms with Crippen LogP contribution in [0.4, 0.5) is 5.69 Å². The van der Waals surface area contributed by atoms with E-state index in [2.05, 4.69) is 16.1 Å². The smallest absolute Gasteiger partial charge is 0.310 e. The third kappa shape index (κ3) is 4.23. The number of rotatable bonds is 6. The Kier molecular flexibility index (Phi) is 5.22. The van der Waals surface area contributed by atoms with Gasteiger partial charge >= 0.3 is 5.97 Å². The van der Waals surface area contributed by atoms with Gasteiger partial charge in [0, 0.05) is 16.3 Å². The summed E-state index contributed by atoms with van der Waals surface area (Å²) in [6.45, 7) is 2.75. The Balaban J connectivity index is 2.00. The van der Waals surface area contributed by atoms with Crippen LogP contribution in [0.2, 0.25) is 0 Å². The number of methoxy groups -OCH3 is 2. The van der Waals surface area contributed by atoms with Gasteiger partial charge < -0.3 is 14.8 Å². The third-order valence-electron chi connectivity index (χ3n) is 3.07. The van der Waals surface area contributed by atoms with Gasteiger partial charge in [0.1, 0.15) is 5.75 Å². The Morgan fingerprint density at radius 1 is 1.19 bits per heavy atom. The van der Waals surface area contributed by atoms with Crippen molar-refractivity contribution in [1.82, 2.24) is 0 Å². The summed E-state index contributed by atoms with van der Waals surface area (Å²) in [7, 11) is 3.07. The predicted molar refractivity (Wildman–Crippen MR) is 85.1 cm³/mol. The highest BCUT2D eigenvalue weighted by molar-refractivity contribution is 7.12. The number of ether oxygens (including phenoxy) is 2. The topological polar surface area (TPSA) is 47.6 Å². The van der Waals surface area contributed by atoms with E-state index in [1.807, 2.05) is 31.2 Å². The van der Waals surface area contributed by atoms with E-state index in [9.17, 15) is 4.79 Å². The summed E-state index contributed by atoms with van der Waals surface area (Å²) in [5.41, 5.74) is 2.15. The van der Waals surface area contributed by atoms with E-state index in [4.69, 9.17) is 4.74 Å². The fourth-order valence-corrected chi connectivity index (χ4v) is 2.91. The van der Waals surface area contributed by atoms with Gasteiger partial charge in [0.15, 0.2) is 0 Å². The number of thiophene rings is 1. The Bertz CT molecular complexity index is 622. The lowest BCUT2D eigenvalue weighted by atomic mass is 10.2. The van der Waals surface area contributed by atoms with Crippen LogP contribution in [0.15, 0.2) is 30.3 Å². The molecule has 0 radical (unpaired) electrons. The standard InChI is InChI=1S/C16H19NO3S/c1-11-4-7-15(19-2)14(8-11)17-10-13-6-5-12(21-13)9-16(18)20-3/h4-8,17H,9-10H2,1-3H3. The summed E-state index contributed by atoms with van der Waals surface area (Å²) in [5.74, 6) is 0.614. The molecule has 4 nitrogen and oxygen atoms in total. The average molecular weight is 305 g/mol. The van der Waals surface area contributed by atoms with Gasteiger partial charge in [0.25, 0.3) is 0 Å². The van der Waals surface area contributed by atoms with Gasteiger partial charge in [-0.05, 0) is 36.8 Å². The minimum atomic E-state index is -0.211. The van der Waals surface area contributed by atoms with Gasteiger partial charge in [0.05, 0.1) is 26.3 Å². The van der Waals surface area contributed by atoms with Crippen molar-refractivity contribution < 1.29 is 14.3 Å². The second-order valence-corrected chi connectivity index (χ2v) is 5.93. The molecule has 1 aromatic heterocycles. The first-order valence-electron chi connectivity index (χ1n) is 6.65. The molecule has 0 saturated carbocycles. The van der Waals surface area contributed by atoms with Gasteiger partial charge in [-0.15, -0.1) is 11.3 Å². The van der Waals surface area contributed by atoms with Crippen molar-refractivity contribution in [2.24, 2.45) is 0 Å². The SMILES string of the molecule is COC(=O)Cc1ccc(CNc2cc(C)ccc2OC)s1. The van der Waals surface area contributed by atoms with Crippen LogP contribution >= 0.6 is 11.3 Å². The lowest BCUT2D eigenvalue weighted by molar-refractivity contribution is -0.139. The second kappa shape index (κ2) is 7.13. The largest absolute Gasteiger partial charge is 0.495 e. The molecule has 0 amide bonds. The number of carbonyl (C=O) groups is 1. The maximum Gasteiger partial charge on any atom is 0.310 e. The molecule has 0 unspecified atom stereocenters. The molecule has 1 aromatic carbocycles. The number of hydrogen-bond donors (Lipinski definition) is 1. The molecule has 5 heteroatoms. The number of benzene rings is 1. The minimum absolute atomic E-state index is 0.211. The third-order valence-corrected chi connectivity index (χ3v) is 4.16. The van der Waals surface area contributed by atoms with Crippen molar-refractivity contribution in [1.29, 1.82) is 0 Å². The molecule has 0 spiro atoms. The van der Waals surface area contributed by atoms with Gasteiger partial charge in [-0.3, -0.25) is 4.79 Å². The quantitative estimate of drug-likeness (QED) is 0.831. The number of anilines is 1. The Morgan fingerprint density at radius 3 is 2.67 bits per heavy atom. The number of carbonyl (C=O) groups excluding carboxylic acids is 1. The molecular formula is C16H19NO3S. The average Bonchev–Trinajstić information content (AvgIpc) is 2.92. The second-order valence-electron chi connectivity index (χ2n) is 4.68. The van der Waals surface area contributed by atoms with E-state index < -0.39 is 0 Å². The number of nitrogens with one attached hydrogen (secondary N) is 1. The predicted octanol–water partition coefficient (Wildman–Crippen LogP) is 3.39. The maximum atomic E-state index is 11.2. The zero-order chi connectivity index (χ0) is 15.2. The van der Waals surface area contributed by atoms with Crippen molar-refractivity contribution in [3.63, 3.8) is 0 Å². The number of hydrogen-bond acceptors (Lipinski definition) is 5. The molecule has 0 aliphatic heterocycles. The summed E-state index contributed by atoms with van der Waals surface area (Å²) in [5, 5.41) is 3.37. The molecule has 2 rings (SSSR count). The zero-order valence-corrected chi connectivity index (χ0v) is 13.3. The van der Waals surface area contributed by atoms with Crippen LogP contribution in [0.25, 0.3) is 0 Å². The summed E-state index contributed by atoms with van der Waals surface area (Å²) >= 11 is 1.61. The molecule has 21 heavy (non-hydrogen) atoms. The first kappa shape index (κ1) is 15.4. The van der Waals surface area contributed by atoms with E-state index in [0.29, 0.717) is 13.0 Å². The highest BCUT2D eigenvalue weighted by Gasteiger charge is 2.07. The van der Waals surface area contributed by atoms with E-state index in [1.54, 1.807) is 18.4 Å². The number of esters is 1. The molecule has 1 heterocycles. The maximum absolute atomic E-state index is 11.2. The molecule has 0 aliphatic carbocycles. The van der Waals surface area contributed by atoms with Crippen LogP contribution in [-0.2, 0) is 22.5 Å². The van der Waals surface area contributed by atoms with Gasteiger partial charge in [-0.1, -0.05) is 6.07 Å². The lowest BCUT2D eigenvalue weighted by Gasteiger charge is -2.11. The highest BCUT2D eigenvalue weighted by Crippen LogP contribution is 2.26. The van der Waals surface area contributed by atoms with Crippen LogP contribution in [0.3, 0.4) is 0 Å². The van der Waals surface area contributed by atoms with Crippen LogP contribution in [0.1, 0.15) is 15.3 Å². The van der Waals surface area contributed by atoms with Crippen LogP contribution in [0.5, 0.6) is 5.75 Å². The van der Waals surface area contributed by atoms with E-state index in [-0.39, 0.29) is 5.97 Å². The van der Waals surface area contributed by atoms with Crippen molar-refractivity contribution in [2.45, 2.75) is 19.9 Å². The van der Waals surface area contributed by atoms with E-state index in [0.717, 1.165) is 21.2 Å². The molecule has 112 valence electrons. The summed E-state index contributed by atoms with van der Waals surface area (Å²) in [6.07, 6.45) is 0.328. The molecule has 1 N–H and O–H groups in total. The molecule has 2 aromatic rings.